The van der Waals surface area contributed by atoms with Crippen molar-refractivity contribution in [2.24, 2.45) is 0 Å². The lowest BCUT2D eigenvalue weighted by Crippen LogP contribution is -2.03. The number of benzene rings is 2. The van der Waals surface area contributed by atoms with E-state index in [2.05, 4.69) is 10.2 Å². The Labute approximate surface area is 148 Å². The first-order valence-corrected chi connectivity index (χ1v) is 8.76. The van der Waals surface area contributed by atoms with Gasteiger partial charge in [0.15, 0.2) is 0 Å². The normalized spacial score (nSPS) is 10.9. The van der Waals surface area contributed by atoms with Crippen LogP contribution in [0.15, 0.2) is 54.6 Å². The number of aromatic amines is 1. The Hall–Kier alpha value is -2.99. The van der Waals surface area contributed by atoms with Gasteiger partial charge < -0.3 is 4.74 Å². The maximum atomic E-state index is 12.4. The molecule has 0 aliphatic heterocycles. The fourth-order valence-corrected chi connectivity index (χ4v) is 3.66. The van der Waals surface area contributed by atoms with E-state index in [9.17, 15) is 4.79 Å². The van der Waals surface area contributed by atoms with E-state index < -0.39 is 0 Å². The maximum absolute atomic E-state index is 12.4. The van der Waals surface area contributed by atoms with Crippen LogP contribution in [-0.2, 0) is 4.74 Å². The predicted octanol–water partition coefficient (Wildman–Crippen LogP) is 4.53. The first kappa shape index (κ1) is 15.5. The fourth-order valence-electron chi connectivity index (χ4n) is 2.67. The van der Waals surface area contributed by atoms with Gasteiger partial charge in [0.05, 0.1) is 17.8 Å². The number of nitrogens with zero attached hydrogens (tertiary/aromatic N) is 2. The molecule has 0 atom stereocenters. The summed E-state index contributed by atoms with van der Waals surface area (Å²) in [6, 6.07) is 17.5. The molecular formula is C19H15N3O2S. The molecule has 4 rings (SSSR count). The Kier molecular flexibility index (Phi) is 4.03. The molecule has 2 aromatic carbocycles. The van der Waals surface area contributed by atoms with Crippen LogP contribution in [0.25, 0.3) is 32.9 Å². The minimum absolute atomic E-state index is 0.325. The Morgan fingerprint density at radius 3 is 2.64 bits per heavy atom. The molecule has 2 heterocycles. The van der Waals surface area contributed by atoms with Crippen LogP contribution in [0.5, 0.6) is 0 Å². The highest BCUT2D eigenvalue weighted by molar-refractivity contribution is 7.17. The minimum atomic E-state index is -0.357. The molecule has 4 aromatic rings. The number of hydrogen-bond donors (Lipinski definition) is 1. The van der Waals surface area contributed by atoms with Crippen molar-refractivity contribution >= 4 is 28.2 Å². The number of nitrogens with one attached hydrogen (secondary N) is 1. The molecule has 0 unspecified atom stereocenters. The average Bonchev–Trinajstić information content (AvgIpc) is 3.27. The molecule has 1 N–H and O–H groups in total. The highest BCUT2D eigenvalue weighted by atomic mass is 32.1. The lowest BCUT2D eigenvalue weighted by molar-refractivity contribution is 0.0532. The zero-order valence-electron chi connectivity index (χ0n) is 13.5. The van der Waals surface area contributed by atoms with Crippen molar-refractivity contribution in [2.75, 3.05) is 6.61 Å². The molecule has 0 amide bonds. The Bertz CT molecular complexity index is 1040. The van der Waals surface area contributed by atoms with Crippen LogP contribution in [0.2, 0.25) is 0 Å². The summed E-state index contributed by atoms with van der Waals surface area (Å²) in [5, 5.41) is 9.07. The number of carbonyl (C=O) groups is 1. The quantitative estimate of drug-likeness (QED) is 0.550. The molecule has 0 saturated heterocycles. The second-order valence-corrected chi connectivity index (χ2v) is 6.40. The van der Waals surface area contributed by atoms with Crippen molar-refractivity contribution in [3.8, 4) is 22.0 Å². The zero-order valence-corrected chi connectivity index (χ0v) is 14.3. The van der Waals surface area contributed by atoms with E-state index in [0.29, 0.717) is 22.2 Å². The largest absolute Gasteiger partial charge is 0.462 e. The number of para-hydroxylation sites is 1. The van der Waals surface area contributed by atoms with E-state index in [4.69, 9.17) is 9.72 Å². The van der Waals surface area contributed by atoms with Crippen molar-refractivity contribution in [2.45, 2.75) is 6.92 Å². The van der Waals surface area contributed by atoms with Crippen molar-refractivity contribution in [3.05, 3.63) is 59.5 Å². The van der Waals surface area contributed by atoms with Crippen molar-refractivity contribution in [1.29, 1.82) is 0 Å². The van der Waals surface area contributed by atoms with Crippen LogP contribution in [0, 0.1) is 0 Å². The third kappa shape index (κ3) is 2.81. The number of ether oxygens (including phenoxy) is 1. The molecule has 0 spiro atoms. The summed E-state index contributed by atoms with van der Waals surface area (Å²) in [7, 11) is 0. The number of H-pyrrole nitrogens is 1. The monoisotopic (exact) mass is 349 g/mol. The fraction of sp³-hybridized carbons (Fsp3) is 0.105. The number of thiazole rings is 1. The van der Waals surface area contributed by atoms with E-state index in [-0.39, 0.29) is 5.97 Å². The van der Waals surface area contributed by atoms with Gasteiger partial charge in [0.2, 0.25) is 0 Å². The molecular weight excluding hydrogens is 334 g/mol. The molecule has 25 heavy (non-hydrogen) atoms. The van der Waals surface area contributed by atoms with Crippen LogP contribution in [-0.4, -0.2) is 27.8 Å². The standard InChI is InChI=1S/C19H15N3O2S/c1-2-24-19(23)17-15(12-8-4-3-5-9-12)20-18(25-17)16-13-10-6-7-11-14(13)21-22-16/h3-11H,2H2,1H3,(H,21,22). The van der Waals surface area contributed by atoms with E-state index in [1.165, 1.54) is 11.3 Å². The van der Waals surface area contributed by atoms with E-state index in [1.807, 2.05) is 54.6 Å². The highest BCUT2D eigenvalue weighted by Crippen LogP contribution is 2.36. The summed E-state index contributed by atoms with van der Waals surface area (Å²) < 4.78 is 5.21. The van der Waals surface area contributed by atoms with Crippen LogP contribution in [0.3, 0.4) is 0 Å². The summed E-state index contributed by atoms with van der Waals surface area (Å²) in [5.74, 6) is -0.357. The Balaban J connectivity index is 1.89. The van der Waals surface area contributed by atoms with Gasteiger partial charge in [-0.1, -0.05) is 48.5 Å². The van der Waals surface area contributed by atoms with Gasteiger partial charge >= 0.3 is 5.97 Å². The van der Waals surface area contributed by atoms with Gasteiger partial charge in [0.25, 0.3) is 0 Å². The topological polar surface area (TPSA) is 67.9 Å². The van der Waals surface area contributed by atoms with Crippen LogP contribution >= 0.6 is 11.3 Å². The molecule has 0 bridgehead atoms. The predicted molar refractivity (Wildman–Crippen MR) is 98.6 cm³/mol. The molecule has 6 heteroatoms. The number of fused-ring (bicyclic) bond motifs is 1. The van der Waals surface area contributed by atoms with Gasteiger partial charge in [0.1, 0.15) is 15.6 Å². The SMILES string of the molecule is CCOC(=O)c1sc(-c2n[nH]c3ccccc23)nc1-c1ccccc1. The van der Waals surface area contributed by atoms with Gasteiger partial charge in [-0.3, -0.25) is 5.10 Å². The summed E-state index contributed by atoms with van der Waals surface area (Å²) in [6.45, 7) is 2.12. The molecule has 0 aliphatic rings. The second kappa shape index (κ2) is 6.49. The third-order valence-corrected chi connectivity index (χ3v) is 4.85. The van der Waals surface area contributed by atoms with Gasteiger partial charge in [-0.15, -0.1) is 11.3 Å². The molecule has 5 nitrogen and oxygen atoms in total. The lowest BCUT2D eigenvalue weighted by Gasteiger charge is -2.01. The van der Waals surface area contributed by atoms with Crippen molar-refractivity contribution < 1.29 is 9.53 Å². The molecule has 0 saturated carbocycles. The first-order valence-electron chi connectivity index (χ1n) is 7.94. The summed E-state index contributed by atoms with van der Waals surface area (Å²) in [5.41, 5.74) is 3.19. The summed E-state index contributed by atoms with van der Waals surface area (Å²) in [6.07, 6.45) is 0. The first-order chi connectivity index (χ1) is 12.3. The van der Waals surface area contributed by atoms with Gasteiger partial charge in [-0.25, -0.2) is 9.78 Å². The third-order valence-electron chi connectivity index (χ3n) is 3.81. The highest BCUT2D eigenvalue weighted by Gasteiger charge is 2.23. The van der Waals surface area contributed by atoms with Gasteiger partial charge in [-0.2, -0.15) is 5.10 Å². The number of esters is 1. The van der Waals surface area contributed by atoms with Gasteiger partial charge in [-0.05, 0) is 13.0 Å². The number of aromatic nitrogens is 3. The number of carbonyl (C=O) groups excluding carboxylic acids is 1. The molecule has 124 valence electrons. The smallest absolute Gasteiger partial charge is 0.350 e. The van der Waals surface area contributed by atoms with E-state index in [1.54, 1.807) is 6.92 Å². The number of rotatable bonds is 4. The van der Waals surface area contributed by atoms with Gasteiger partial charge in [0, 0.05) is 10.9 Å². The zero-order chi connectivity index (χ0) is 17.2. The Morgan fingerprint density at radius 1 is 1.08 bits per heavy atom. The molecule has 2 aromatic heterocycles. The summed E-state index contributed by atoms with van der Waals surface area (Å²) in [4.78, 5) is 17.6. The maximum Gasteiger partial charge on any atom is 0.350 e. The summed E-state index contributed by atoms with van der Waals surface area (Å²) >= 11 is 1.31. The van der Waals surface area contributed by atoms with Crippen LogP contribution < -0.4 is 0 Å². The van der Waals surface area contributed by atoms with Crippen molar-refractivity contribution in [1.82, 2.24) is 15.2 Å². The molecule has 0 fully saturated rings. The van der Waals surface area contributed by atoms with Crippen molar-refractivity contribution in [3.63, 3.8) is 0 Å². The molecule has 0 aliphatic carbocycles. The molecule has 0 radical (unpaired) electrons. The Morgan fingerprint density at radius 2 is 1.84 bits per heavy atom. The minimum Gasteiger partial charge on any atom is -0.462 e. The lowest BCUT2D eigenvalue weighted by atomic mass is 10.1. The van der Waals surface area contributed by atoms with E-state index >= 15 is 0 Å². The van der Waals surface area contributed by atoms with Crippen LogP contribution in [0.1, 0.15) is 16.6 Å². The van der Waals surface area contributed by atoms with E-state index in [0.717, 1.165) is 22.2 Å². The number of hydrogen-bond acceptors (Lipinski definition) is 5. The van der Waals surface area contributed by atoms with Crippen LogP contribution in [0.4, 0.5) is 0 Å². The second-order valence-electron chi connectivity index (χ2n) is 5.40. The average molecular weight is 349 g/mol.